The number of nitrogens with one attached hydrogen (secondary N) is 2. The van der Waals surface area contributed by atoms with Gasteiger partial charge in [0.2, 0.25) is 0 Å². The highest BCUT2D eigenvalue weighted by Gasteiger charge is 2.13. The second kappa shape index (κ2) is 8.66. The summed E-state index contributed by atoms with van der Waals surface area (Å²) >= 11 is 11.9. The number of carbonyl (C=O) groups is 2. The molecule has 1 heterocycles. The molecule has 2 aromatic rings. The quantitative estimate of drug-likeness (QED) is 0.754. The van der Waals surface area contributed by atoms with Gasteiger partial charge in [-0.25, -0.2) is 0 Å². The zero-order chi connectivity index (χ0) is 17.5. The van der Waals surface area contributed by atoms with Crippen molar-refractivity contribution in [2.24, 2.45) is 0 Å². The van der Waals surface area contributed by atoms with Crippen molar-refractivity contribution >= 4 is 40.7 Å². The maximum Gasteiger partial charge on any atom is 0.269 e. The van der Waals surface area contributed by atoms with Crippen LogP contribution >= 0.6 is 23.2 Å². The molecule has 0 unspecified atom stereocenters. The molecule has 0 atom stereocenters. The Balaban J connectivity index is 2.09. The molecule has 0 spiro atoms. The summed E-state index contributed by atoms with van der Waals surface area (Å²) in [7, 11) is 0. The van der Waals surface area contributed by atoms with Gasteiger partial charge in [-0.1, -0.05) is 36.5 Å². The number of hydrogen-bond donors (Lipinski definition) is 2. The number of aromatic nitrogens is 1. The van der Waals surface area contributed by atoms with Gasteiger partial charge in [0.15, 0.2) is 0 Å². The fraction of sp³-hybridized carbons (Fsp3) is 0.235. The van der Waals surface area contributed by atoms with Gasteiger partial charge in [0, 0.05) is 23.3 Å². The van der Waals surface area contributed by atoms with Gasteiger partial charge in [0.1, 0.15) is 5.69 Å². The van der Waals surface area contributed by atoms with Gasteiger partial charge in [-0.3, -0.25) is 14.6 Å². The lowest BCUT2D eigenvalue weighted by Gasteiger charge is -2.09. The second-order valence-electron chi connectivity index (χ2n) is 5.12. The van der Waals surface area contributed by atoms with Crippen LogP contribution in [-0.4, -0.2) is 23.3 Å². The minimum absolute atomic E-state index is 0.195. The van der Waals surface area contributed by atoms with Crippen molar-refractivity contribution in [2.75, 3.05) is 11.9 Å². The van der Waals surface area contributed by atoms with Gasteiger partial charge in [-0.2, -0.15) is 0 Å². The lowest BCUT2D eigenvalue weighted by molar-refractivity contribution is 0.0948. The first-order chi connectivity index (χ1) is 11.5. The Kier molecular flexibility index (Phi) is 6.58. The summed E-state index contributed by atoms with van der Waals surface area (Å²) in [6.07, 6.45) is 3.30. The van der Waals surface area contributed by atoms with Crippen LogP contribution in [0.3, 0.4) is 0 Å². The lowest BCUT2D eigenvalue weighted by Crippen LogP contribution is -2.25. The molecule has 1 aromatic carbocycles. The maximum atomic E-state index is 12.3. The first kappa shape index (κ1) is 18.2. The van der Waals surface area contributed by atoms with Gasteiger partial charge in [-0.05, 0) is 36.8 Å². The van der Waals surface area contributed by atoms with Crippen LogP contribution in [-0.2, 0) is 0 Å². The van der Waals surface area contributed by atoms with Gasteiger partial charge in [-0.15, -0.1) is 0 Å². The van der Waals surface area contributed by atoms with Crippen LogP contribution in [0.15, 0.2) is 36.5 Å². The Morgan fingerprint density at radius 3 is 2.62 bits per heavy atom. The standard InChI is InChI=1S/C17H17Cl2N3O2/c1-2-3-7-21-17(24)15-9-11(6-8-20-15)16(23)22-14-5-4-12(18)10-13(14)19/h4-6,8-10H,2-3,7H2,1H3,(H,21,24)(H,22,23). The number of halogens is 2. The van der Waals surface area contributed by atoms with Crippen molar-refractivity contribution in [2.45, 2.75) is 19.8 Å². The normalized spacial score (nSPS) is 10.3. The van der Waals surface area contributed by atoms with Crippen LogP contribution in [0.5, 0.6) is 0 Å². The van der Waals surface area contributed by atoms with Crippen molar-refractivity contribution < 1.29 is 9.59 Å². The molecule has 2 rings (SSSR count). The molecule has 1 aromatic heterocycles. The number of amides is 2. The molecule has 0 aliphatic heterocycles. The molecule has 2 amide bonds. The number of anilines is 1. The average Bonchev–Trinajstić information content (AvgIpc) is 2.57. The number of carbonyl (C=O) groups excluding carboxylic acids is 2. The van der Waals surface area contributed by atoms with Crippen LogP contribution in [0.4, 0.5) is 5.69 Å². The summed E-state index contributed by atoms with van der Waals surface area (Å²) in [6.45, 7) is 2.62. The van der Waals surface area contributed by atoms with Crippen LogP contribution in [0.1, 0.15) is 40.6 Å². The highest BCUT2D eigenvalue weighted by atomic mass is 35.5. The molecular formula is C17H17Cl2N3O2. The molecule has 0 aliphatic rings. The van der Waals surface area contributed by atoms with Gasteiger partial charge < -0.3 is 10.6 Å². The molecule has 24 heavy (non-hydrogen) atoms. The molecule has 2 N–H and O–H groups in total. The van der Waals surface area contributed by atoms with E-state index in [2.05, 4.69) is 15.6 Å². The van der Waals surface area contributed by atoms with E-state index < -0.39 is 0 Å². The van der Waals surface area contributed by atoms with Crippen molar-refractivity contribution in [3.63, 3.8) is 0 Å². The maximum absolute atomic E-state index is 12.3. The lowest BCUT2D eigenvalue weighted by atomic mass is 10.2. The average molecular weight is 366 g/mol. The summed E-state index contributed by atoms with van der Waals surface area (Å²) in [5.74, 6) is -0.688. The van der Waals surface area contributed by atoms with Crippen LogP contribution in [0.2, 0.25) is 10.0 Å². The number of rotatable bonds is 6. The Hall–Kier alpha value is -2.11. The second-order valence-corrected chi connectivity index (χ2v) is 5.96. The zero-order valence-corrected chi connectivity index (χ0v) is 14.6. The number of hydrogen-bond acceptors (Lipinski definition) is 3. The fourth-order valence-corrected chi connectivity index (χ4v) is 2.41. The van der Waals surface area contributed by atoms with Crippen LogP contribution in [0.25, 0.3) is 0 Å². The third-order valence-electron chi connectivity index (χ3n) is 3.25. The van der Waals surface area contributed by atoms with E-state index in [1.807, 2.05) is 6.92 Å². The van der Waals surface area contributed by atoms with Gasteiger partial charge in [0.05, 0.1) is 10.7 Å². The fourth-order valence-electron chi connectivity index (χ4n) is 1.95. The van der Waals surface area contributed by atoms with E-state index in [0.29, 0.717) is 27.8 Å². The third kappa shape index (κ3) is 4.94. The molecular weight excluding hydrogens is 349 g/mol. The molecule has 0 bridgehead atoms. The highest BCUT2D eigenvalue weighted by Crippen LogP contribution is 2.25. The Bertz CT molecular complexity index is 750. The number of benzene rings is 1. The molecule has 126 valence electrons. The molecule has 0 aliphatic carbocycles. The topological polar surface area (TPSA) is 71.1 Å². The van der Waals surface area contributed by atoms with Crippen LogP contribution < -0.4 is 10.6 Å². The van der Waals surface area contributed by atoms with Crippen molar-refractivity contribution in [1.29, 1.82) is 0 Å². The minimum Gasteiger partial charge on any atom is -0.351 e. The Labute approximate surface area is 150 Å². The summed E-state index contributed by atoms with van der Waals surface area (Å²) < 4.78 is 0. The molecule has 0 saturated carbocycles. The largest absolute Gasteiger partial charge is 0.351 e. The number of nitrogens with zero attached hydrogens (tertiary/aromatic N) is 1. The molecule has 0 saturated heterocycles. The predicted octanol–water partition coefficient (Wildman–Crippen LogP) is 4.17. The van der Waals surface area contributed by atoms with Crippen molar-refractivity contribution in [1.82, 2.24) is 10.3 Å². The summed E-state index contributed by atoms with van der Waals surface area (Å²) in [4.78, 5) is 28.3. The summed E-state index contributed by atoms with van der Waals surface area (Å²) in [5.41, 5.74) is 0.953. The molecule has 0 fully saturated rings. The van der Waals surface area contributed by atoms with E-state index in [1.165, 1.54) is 24.4 Å². The zero-order valence-electron chi connectivity index (χ0n) is 13.1. The van der Waals surface area contributed by atoms with E-state index >= 15 is 0 Å². The third-order valence-corrected chi connectivity index (χ3v) is 3.80. The smallest absolute Gasteiger partial charge is 0.269 e. The van der Waals surface area contributed by atoms with E-state index in [0.717, 1.165) is 12.8 Å². The monoisotopic (exact) mass is 365 g/mol. The van der Waals surface area contributed by atoms with Gasteiger partial charge >= 0.3 is 0 Å². The SMILES string of the molecule is CCCCNC(=O)c1cc(C(=O)Nc2ccc(Cl)cc2Cl)ccn1. The Morgan fingerprint density at radius 2 is 1.92 bits per heavy atom. The highest BCUT2D eigenvalue weighted by molar-refractivity contribution is 6.36. The Morgan fingerprint density at radius 1 is 1.12 bits per heavy atom. The van der Waals surface area contributed by atoms with Crippen molar-refractivity contribution in [3.05, 3.63) is 57.8 Å². The molecule has 5 nitrogen and oxygen atoms in total. The molecule has 7 heteroatoms. The first-order valence-electron chi connectivity index (χ1n) is 7.52. The first-order valence-corrected chi connectivity index (χ1v) is 8.27. The van der Waals surface area contributed by atoms with E-state index in [9.17, 15) is 9.59 Å². The van der Waals surface area contributed by atoms with E-state index in [4.69, 9.17) is 23.2 Å². The molecule has 0 radical (unpaired) electrons. The summed E-state index contributed by atoms with van der Waals surface area (Å²) in [6, 6.07) is 7.75. The number of unbranched alkanes of at least 4 members (excludes halogenated alkanes) is 1. The van der Waals surface area contributed by atoms with E-state index in [-0.39, 0.29) is 17.5 Å². The van der Waals surface area contributed by atoms with E-state index in [1.54, 1.807) is 12.1 Å². The van der Waals surface area contributed by atoms with Crippen molar-refractivity contribution in [3.8, 4) is 0 Å². The predicted molar refractivity (Wildman–Crippen MR) is 95.9 cm³/mol. The minimum atomic E-state index is -0.385. The van der Waals surface area contributed by atoms with Gasteiger partial charge in [0.25, 0.3) is 11.8 Å². The number of pyridine rings is 1. The van der Waals surface area contributed by atoms with Crippen LogP contribution in [0, 0.1) is 0 Å². The summed E-state index contributed by atoms with van der Waals surface area (Å²) in [5, 5.41) is 6.26.